The van der Waals surface area contributed by atoms with Crippen LogP contribution in [0.25, 0.3) is 11.2 Å². The molecule has 2 aromatic carbocycles. The zero-order valence-corrected chi connectivity index (χ0v) is 26.1. The number of hydrogen-bond donors (Lipinski definition) is 6. The van der Waals surface area contributed by atoms with Gasteiger partial charge in [-0.2, -0.15) is 0 Å². The standard InChI is InChI=1S/C33H44N8O4/c1-33(2,3)23-11-13-24(14-12-23)40-32(44)36-15-7-10-22(18-35-17-21-8-5-4-6-9-21)16-25-27(42)28(43)31(45-25)41-20-39-26-29(34)37-19-38-30(26)41/h4-6,8-9,11-14,19-20,22,25,27-28,31,35,42-43H,7,10,15-18H2,1-3H3,(H2,34,37,38)(H2,36,40,44)/t22-,25+,27+,28+,31+/m0/s1. The van der Waals surface area contributed by atoms with Crippen LogP contribution < -0.4 is 21.7 Å². The number of carbonyl (C=O) groups is 1. The Kier molecular flexibility index (Phi) is 10.3. The summed E-state index contributed by atoms with van der Waals surface area (Å²) in [5.41, 5.74) is 9.92. The molecule has 45 heavy (non-hydrogen) atoms. The van der Waals surface area contributed by atoms with Gasteiger partial charge < -0.3 is 36.6 Å². The number of nitrogens with two attached hydrogens (primary N) is 1. The van der Waals surface area contributed by atoms with E-state index in [2.05, 4.69) is 63.8 Å². The van der Waals surface area contributed by atoms with E-state index in [4.69, 9.17) is 10.5 Å². The van der Waals surface area contributed by atoms with Crippen LogP contribution in [0.5, 0.6) is 0 Å². The highest BCUT2D eigenvalue weighted by molar-refractivity contribution is 5.89. The monoisotopic (exact) mass is 616 g/mol. The SMILES string of the molecule is CC(C)(C)c1ccc(NC(=O)NCCC[C@H](CNCc2ccccc2)C[C@H]2O[C@@H](n3cnc4c(N)ncnc43)[C@H](O)[C@@H]2O)cc1. The van der Waals surface area contributed by atoms with Gasteiger partial charge in [0, 0.05) is 18.8 Å². The maximum Gasteiger partial charge on any atom is 0.319 e. The van der Waals surface area contributed by atoms with E-state index in [9.17, 15) is 15.0 Å². The fourth-order valence-corrected chi connectivity index (χ4v) is 5.68. The molecular weight excluding hydrogens is 572 g/mol. The number of benzene rings is 2. The van der Waals surface area contributed by atoms with Gasteiger partial charge in [-0.1, -0.05) is 63.2 Å². The van der Waals surface area contributed by atoms with Crippen molar-refractivity contribution in [2.24, 2.45) is 5.92 Å². The Morgan fingerprint density at radius 3 is 2.53 bits per heavy atom. The minimum Gasteiger partial charge on any atom is -0.388 e. The number of aromatic nitrogens is 4. The van der Waals surface area contributed by atoms with E-state index in [-0.39, 0.29) is 23.2 Å². The number of ether oxygens (including phenoxy) is 1. The van der Waals surface area contributed by atoms with E-state index in [1.54, 1.807) is 4.57 Å². The summed E-state index contributed by atoms with van der Waals surface area (Å²) in [5, 5.41) is 31.3. The lowest BCUT2D eigenvalue weighted by molar-refractivity contribution is -0.0416. The molecule has 0 aliphatic carbocycles. The largest absolute Gasteiger partial charge is 0.388 e. The van der Waals surface area contributed by atoms with Gasteiger partial charge in [-0.05, 0) is 60.4 Å². The van der Waals surface area contributed by atoms with Crippen LogP contribution in [0.2, 0.25) is 0 Å². The first-order valence-corrected chi connectivity index (χ1v) is 15.4. The van der Waals surface area contributed by atoms with Crippen molar-refractivity contribution < 1.29 is 19.7 Å². The van der Waals surface area contributed by atoms with Gasteiger partial charge in [0.1, 0.15) is 24.1 Å². The van der Waals surface area contributed by atoms with Crippen LogP contribution in [0.15, 0.2) is 67.3 Å². The van der Waals surface area contributed by atoms with Crippen LogP contribution in [0.4, 0.5) is 16.3 Å². The molecule has 0 radical (unpaired) electrons. The number of anilines is 2. The lowest BCUT2D eigenvalue weighted by Gasteiger charge is -2.23. The van der Waals surface area contributed by atoms with Gasteiger partial charge in [0.15, 0.2) is 17.7 Å². The lowest BCUT2D eigenvalue weighted by Crippen LogP contribution is -2.35. The minimum absolute atomic E-state index is 0.0448. The molecule has 0 saturated carbocycles. The second kappa shape index (κ2) is 14.3. The highest BCUT2D eigenvalue weighted by Gasteiger charge is 2.44. The third-order valence-corrected chi connectivity index (χ3v) is 8.25. The molecule has 0 unspecified atom stereocenters. The summed E-state index contributed by atoms with van der Waals surface area (Å²) in [7, 11) is 0. The van der Waals surface area contributed by atoms with E-state index in [1.807, 2.05) is 42.5 Å². The van der Waals surface area contributed by atoms with Gasteiger partial charge in [-0.15, -0.1) is 0 Å². The molecule has 2 amide bonds. The Morgan fingerprint density at radius 1 is 1.04 bits per heavy atom. The molecule has 12 heteroatoms. The molecule has 5 rings (SSSR count). The molecule has 3 heterocycles. The molecule has 240 valence electrons. The van der Waals surface area contributed by atoms with Crippen LogP contribution in [0.1, 0.15) is 57.4 Å². The van der Waals surface area contributed by atoms with E-state index < -0.39 is 24.5 Å². The molecule has 4 aromatic rings. The van der Waals surface area contributed by atoms with Crippen LogP contribution in [0.3, 0.4) is 0 Å². The van der Waals surface area contributed by atoms with Crippen molar-refractivity contribution in [3.63, 3.8) is 0 Å². The highest BCUT2D eigenvalue weighted by atomic mass is 16.6. The van der Waals surface area contributed by atoms with E-state index in [0.717, 1.165) is 18.5 Å². The number of urea groups is 1. The number of nitrogens with zero attached hydrogens (tertiary/aromatic N) is 4. The average Bonchev–Trinajstić information content (AvgIpc) is 3.57. The predicted molar refractivity (Wildman–Crippen MR) is 173 cm³/mol. The highest BCUT2D eigenvalue weighted by Crippen LogP contribution is 2.35. The van der Waals surface area contributed by atoms with Crippen LogP contribution >= 0.6 is 0 Å². The fraction of sp³-hybridized carbons (Fsp3) is 0.455. The fourth-order valence-electron chi connectivity index (χ4n) is 5.68. The maximum atomic E-state index is 12.5. The van der Waals surface area contributed by atoms with Crippen LogP contribution in [-0.2, 0) is 16.7 Å². The first kappa shape index (κ1) is 32.3. The predicted octanol–water partition coefficient (Wildman–Crippen LogP) is 3.72. The minimum atomic E-state index is -1.18. The maximum absolute atomic E-state index is 12.5. The van der Waals surface area contributed by atoms with E-state index in [0.29, 0.717) is 37.2 Å². The summed E-state index contributed by atoms with van der Waals surface area (Å²) in [6.45, 7) is 8.32. The number of fused-ring (bicyclic) bond motifs is 1. The quantitative estimate of drug-likeness (QED) is 0.130. The molecule has 1 aliphatic rings. The van der Waals surface area contributed by atoms with Crippen molar-refractivity contribution in [3.8, 4) is 0 Å². The van der Waals surface area contributed by atoms with Crippen molar-refractivity contribution >= 4 is 28.7 Å². The van der Waals surface area contributed by atoms with Gasteiger partial charge in [0.2, 0.25) is 0 Å². The molecule has 1 saturated heterocycles. The van der Waals surface area contributed by atoms with Gasteiger partial charge in [0.05, 0.1) is 12.4 Å². The molecule has 2 aromatic heterocycles. The molecule has 12 nitrogen and oxygen atoms in total. The molecule has 0 spiro atoms. The van der Waals surface area contributed by atoms with Crippen LogP contribution in [0, 0.1) is 5.92 Å². The number of carbonyl (C=O) groups excluding carboxylic acids is 1. The third-order valence-electron chi connectivity index (χ3n) is 8.25. The van der Waals surface area contributed by atoms with E-state index >= 15 is 0 Å². The van der Waals surface area contributed by atoms with Crippen molar-refractivity contribution in [1.29, 1.82) is 0 Å². The summed E-state index contributed by atoms with van der Waals surface area (Å²) in [4.78, 5) is 25.0. The van der Waals surface area contributed by atoms with Gasteiger partial charge >= 0.3 is 6.03 Å². The van der Waals surface area contributed by atoms with Crippen LogP contribution in [-0.4, -0.2) is 67.2 Å². The molecular formula is C33H44N8O4. The Morgan fingerprint density at radius 2 is 1.80 bits per heavy atom. The topological polar surface area (TPSA) is 172 Å². The second-order valence-corrected chi connectivity index (χ2v) is 12.7. The van der Waals surface area contributed by atoms with Crippen molar-refractivity contribution in [2.45, 2.75) is 76.5 Å². The summed E-state index contributed by atoms with van der Waals surface area (Å²) in [6, 6.07) is 17.8. The number of hydrogen-bond acceptors (Lipinski definition) is 9. The van der Waals surface area contributed by atoms with E-state index in [1.165, 1.54) is 23.8 Å². The smallest absolute Gasteiger partial charge is 0.319 e. The molecule has 1 fully saturated rings. The number of aliphatic hydroxyl groups excluding tert-OH is 2. The zero-order valence-electron chi connectivity index (χ0n) is 26.1. The summed E-state index contributed by atoms with van der Waals surface area (Å²) >= 11 is 0. The number of amides is 2. The third kappa shape index (κ3) is 8.14. The first-order valence-electron chi connectivity index (χ1n) is 15.4. The van der Waals surface area contributed by atoms with Crippen molar-refractivity contribution in [2.75, 3.05) is 24.1 Å². The molecule has 7 N–H and O–H groups in total. The number of rotatable bonds is 12. The Balaban J connectivity index is 1.17. The first-order chi connectivity index (χ1) is 21.6. The summed E-state index contributed by atoms with van der Waals surface area (Å²) < 4.78 is 7.81. The van der Waals surface area contributed by atoms with Gasteiger partial charge in [-0.3, -0.25) is 4.57 Å². The zero-order chi connectivity index (χ0) is 32.0. The average molecular weight is 617 g/mol. The van der Waals surface area contributed by atoms with Crippen molar-refractivity contribution in [3.05, 3.63) is 78.4 Å². The molecule has 1 aliphatic heterocycles. The molecule has 5 atom stereocenters. The van der Waals surface area contributed by atoms with Crippen molar-refractivity contribution in [1.82, 2.24) is 30.2 Å². The summed E-state index contributed by atoms with van der Waals surface area (Å²) in [6.07, 6.45) is 1.07. The lowest BCUT2D eigenvalue weighted by atomic mass is 9.87. The Labute approximate surface area is 263 Å². The Hall–Kier alpha value is -4.10. The second-order valence-electron chi connectivity index (χ2n) is 12.7. The number of nitrogen functional groups attached to an aromatic ring is 1. The molecule has 0 bridgehead atoms. The number of nitrogens with one attached hydrogen (secondary N) is 3. The van der Waals surface area contributed by atoms with Gasteiger partial charge in [-0.25, -0.2) is 19.7 Å². The van der Waals surface area contributed by atoms with Gasteiger partial charge in [0.25, 0.3) is 0 Å². The Bertz CT molecular complexity index is 1540. The number of aliphatic hydroxyl groups is 2. The number of imidazole rings is 1. The normalized spacial score (nSPS) is 20.7. The summed E-state index contributed by atoms with van der Waals surface area (Å²) in [5.74, 6) is 0.334.